The Bertz CT molecular complexity index is 618. The number of nitrogens with zero attached hydrogens (tertiary/aromatic N) is 2. The molecule has 1 heterocycles. The highest BCUT2D eigenvalue weighted by molar-refractivity contribution is 9.10. The Labute approximate surface area is 122 Å². The lowest BCUT2D eigenvalue weighted by Crippen LogP contribution is -2.14. The zero-order valence-corrected chi connectivity index (χ0v) is 12.5. The Morgan fingerprint density at radius 3 is 2.75 bits per heavy atom. The van der Waals surface area contributed by atoms with Crippen LogP contribution in [-0.2, 0) is 0 Å². The summed E-state index contributed by atoms with van der Waals surface area (Å²) < 4.78 is 31.5. The second kappa shape index (κ2) is 5.97. The first-order valence-corrected chi connectivity index (χ1v) is 6.90. The molecule has 0 bridgehead atoms. The highest BCUT2D eigenvalue weighted by Crippen LogP contribution is 2.31. The Kier molecular flexibility index (Phi) is 4.49. The summed E-state index contributed by atoms with van der Waals surface area (Å²) in [4.78, 5) is 4.12. The van der Waals surface area contributed by atoms with Gasteiger partial charge in [0, 0.05) is 5.56 Å². The summed E-state index contributed by atoms with van der Waals surface area (Å²) in [5.41, 5.74) is 0.289. The van der Waals surface area contributed by atoms with Crippen molar-refractivity contribution in [3.63, 3.8) is 0 Å². The highest BCUT2D eigenvalue weighted by Gasteiger charge is 2.23. The quantitative estimate of drug-likeness (QED) is 0.858. The van der Waals surface area contributed by atoms with E-state index < -0.39 is 17.7 Å². The van der Waals surface area contributed by atoms with Gasteiger partial charge >= 0.3 is 0 Å². The van der Waals surface area contributed by atoms with Gasteiger partial charge in [-0.25, -0.2) is 8.78 Å². The predicted molar refractivity (Wildman–Crippen MR) is 72.1 cm³/mol. The van der Waals surface area contributed by atoms with Gasteiger partial charge in [0.05, 0.1) is 16.5 Å². The molecule has 1 aromatic carbocycles. The summed E-state index contributed by atoms with van der Waals surface area (Å²) in [5.74, 6) is -1.90. The molecule has 0 aliphatic rings. The molecule has 4 nitrogen and oxygen atoms in total. The van der Waals surface area contributed by atoms with Gasteiger partial charge in [0.2, 0.25) is 11.7 Å². The lowest BCUT2D eigenvalue weighted by atomic mass is 10.0. The Morgan fingerprint density at radius 2 is 2.10 bits per heavy atom. The number of hydrogen-bond donors (Lipinski definition) is 1. The molecule has 1 aromatic heterocycles. The molecule has 1 N–H and O–H groups in total. The fraction of sp³-hybridized carbons (Fsp3) is 0.385. The molecule has 2 aromatic rings. The molecule has 0 saturated heterocycles. The van der Waals surface area contributed by atoms with Crippen LogP contribution in [0.5, 0.6) is 0 Å². The van der Waals surface area contributed by atoms with E-state index in [1.807, 2.05) is 6.92 Å². The molecule has 2 unspecified atom stereocenters. The minimum atomic E-state index is -1.00. The second-order valence-electron chi connectivity index (χ2n) is 4.44. The normalized spacial score (nSPS) is 14.3. The fourth-order valence-electron chi connectivity index (χ4n) is 1.75. The average molecular weight is 347 g/mol. The summed E-state index contributed by atoms with van der Waals surface area (Å²) in [6.07, 6.45) is -0.0509. The van der Waals surface area contributed by atoms with E-state index >= 15 is 0 Å². The summed E-state index contributed by atoms with van der Waals surface area (Å²) in [7, 11) is 0. The monoisotopic (exact) mass is 346 g/mol. The Hall–Kier alpha value is -1.34. The maximum atomic E-state index is 13.5. The fourth-order valence-corrected chi connectivity index (χ4v) is 2.25. The van der Waals surface area contributed by atoms with Crippen molar-refractivity contribution in [2.24, 2.45) is 0 Å². The number of aromatic nitrogens is 2. The van der Waals surface area contributed by atoms with Gasteiger partial charge in [0.25, 0.3) is 0 Å². The van der Waals surface area contributed by atoms with Crippen LogP contribution in [0.25, 0.3) is 11.4 Å². The van der Waals surface area contributed by atoms with E-state index in [0.717, 1.165) is 6.07 Å². The molecule has 7 heteroatoms. The van der Waals surface area contributed by atoms with Crippen molar-refractivity contribution in [3.05, 3.63) is 34.1 Å². The Morgan fingerprint density at radius 1 is 1.40 bits per heavy atom. The average Bonchev–Trinajstić information content (AvgIpc) is 2.92. The van der Waals surface area contributed by atoms with Crippen LogP contribution in [0, 0.1) is 11.6 Å². The van der Waals surface area contributed by atoms with Gasteiger partial charge in [0.1, 0.15) is 0 Å². The molecule has 0 aliphatic heterocycles. The van der Waals surface area contributed by atoms with Crippen LogP contribution in [0.3, 0.4) is 0 Å². The van der Waals surface area contributed by atoms with Gasteiger partial charge < -0.3 is 9.63 Å². The standard InChI is InChI=1S/C13H13BrF2N2O2/c1-3-9(19)6(2)13-17-12(18-20-13)7-4-5-8(15)11(16)10(7)14/h4-6,9,19H,3H2,1-2H3. The second-order valence-corrected chi connectivity index (χ2v) is 5.24. The molecule has 20 heavy (non-hydrogen) atoms. The first-order valence-electron chi connectivity index (χ1n) is 6.11. The van der Waals surface area contributed by atoms with Crippen molar-refractivity contribution in [3.8, 4) is 11.4 Å². The van der Waals surface area contributed by atoms with E-state index in [1.165, 1.54) is 6.07 Å². The third-order valence-electron chi connectivity index (χ3n) is 3.10. The number of hydrogen-bond acceptors (Lipinski definition) is 4. The molecule has 108 valence electrons. The summed E-state index contributed by atoms with van der Waals surface area (Å²) in [6, 6.07) is 2.35. The van der Waals surface area contributed by atoms with Gasteiger partial charge in [-0.05, 0) is 34.5 Å². The van der Waals surface area contributed by atoms with Crippen LogP contribution in [0.4, 0.5) is 8.78 Å². The molecule has 0 saturated carbocycles. The third kappa shape index (κ3) is 2.73. The van der Waals surface area contributed by atoms with Gasteiger partial charge in [-0.1, -0.05) is 19.0 Å². The van der Waals surface area contributed by atoms with Crippen LogP contribution in [0.1, 0.15) is 32.1 Å². The minimum absolute atomic E-state index is 0.0615. The molecular weight excluding hydrogens is 334 g/mol. The first kappa shape index (κ1) is 15.1. The van der Waals surface area contributed by atoms with Crippen molar-refractivity contribution in [1.82, 2.24) is 10.1 Å². The number of aliphatic hydroxyl groups excluding tert-OH is 1. The molecule has 2 rings (SSSR count). The van der Waals surface area contributed by atoms with E-state index in [9.17, 15) is 13.9 Å². The van der Waals surface area contributed by atoms with Crippen LogP contribution in [0.2, 0.25) is 0 Å². The largest absolute Gasteiger partial charge is 0.392 e. The minimum Gasteiger partial charge on any atom is -0.392 e. The third-order valence-corrected chi connectivity index (χ3v) is 3.88. The zero-order valence-electron chi connectivity index (χ0n) is 10.9. The topological polar surface area (TPSA) is 59.2 Å². The van der Waals surface area contributed by atoms with Crippen molar-refractivity contribution in [2.45, 2.75) is 32.3 Å². The molecule has 0 aliphatic carbocycles. The van der Waals surface area contributed by atoms with Crippen LogP contribution in [-0.4, -0.2) is 21.4 Å². The smallest absolute Gasteiger partial charge is 0.232 e. The van der Waals surface area contributed by atoms with Gasteiger partial charge in [-0.2, -0.15) is 4.98 Å². The molecular formula is C13H13BrF2N2O2. The van der Waals surface area contributed by atoms with Crippen molar-refractivity contribution >= 4 is 15.9 Å². The number of rotatable bonds is 4. The predicted octanol–water partition coefficient (Wildman–Crippen LogP) is 3.65. The number of halogens is 3. The molecule has 0 amide bonds. The maximum absolute atomic E-state index is 13.5. The van der Waals surface area contributed by atoms with E-state index in [0.29, 0.717) is 6.42 Å². The Balaban J connectivity index is 2.36. The summed E-state index contributed by atoms with van der Waals surface area (Å²) >= 11 is 2.97. The molecule has 0 spiro atoms. The molecule has 2 atom stereocenters. The molecule has 0 radical (unpaired) electrons. The van der Waals surface area contributed by atoms with E-state index in [1.54, 1.807) is 6.92 Å². The first-order chi connectivity index (χ1) is 9.45. The SMILES string of the molecule is CCC(O)C(C)c1nc(-c2ccc(F)c(F)c2Br)no1. The zero-order chi connectivity index (χ0) is 14.9. The van der Waals surface area contributed by atoms with E-state index in [-0.39, 0.29) is 27.7 Å². The van der Waals surface area contributed by atoms with E-state index in [4.69, 9.17) is 4.52 Å². The maximum Gasteiger partial charge on any atom is 0.232 e. The number of benzene rings is 1. The van der Waals surface area contributed by atoms with Gasteiger partial charge in [-0.3, -0.25) is 0 Å². The highest BCUT2D eigenvalue weighted by atomic mass is 79.9. The summed E-state index contributed by atoms with van der Waals surface area (Å²) in [5, 5.41) is 13.5. The molecule has 0 fully saturated rings. The van der Waals surface area contributed by atoms with Crippen molar-refractivity contribution < 1.29 is 18.4 Å². The van der Waals surface area contributed by atoms with Crippen molar-refractivity contribution in [1.29, 1.82) is 0 Å². The van der Waals surface area contributed by atoms with Crippen LogP contribution >= 0.6 is 15.9 Å². The summed E-state index contributed by atoms with van der Waals surface area (Å²) in [6.45, 7) is 3.59. The lowest BCUT2D eigenvalue weighted by molar-refractivity contribution is 0.129. The van der Waals surface area contributed by atoms with Crippen LogP contribution in [0.15, 0.2) is 21.1 Å². The number of aliphatic hydroxyl groups is 1. The van der Waals surface area contributed by atoms with Crippen LogP contribution < -0.4 is 0 Å². The van der Waals surface area contributed by atoms with Gasteiger partial charge in [0.15, 0.2) is 11.6 Å². The van der Waals surface area contributed by atoms with E-state index in [2.05, 4.69) is 26.1 Å². The van der Waals surface area contributed by atoms with Crippen molar-refractivity contribution in [2.75, 3.05) is 0 Å². The van der Waals surface area contributed by atoms with Gasteiger partial charge in [-0.15, -0.1) is 0 Å². The lowest BCUT2D eigenvalue weighted by Gasteiger charge is -2.11.